The molecule has 0 radical (unpaired) electrons. The fraction of sp³-hybridized carbons (Fsp3) is 0.393. The summed E-state index contributed by atoms with van der Waals surface area (Å²) >= 11 is 0. The molecule has 0 heterocycles. The lowest BCUT2D eigenvalue weighted by Gasteiger charge is -2.25. The number of hydrogen-bond acceptors (Lipinski definition) is 5. The number of hydrogen-bond donors (Lipinski definition) is 4. The third-order valence-electron chi connectivity index (χ3n) is 5.21. The Labute approximate surface area is 212 Å². The van der Waals surface area contributed by atoms with Gasteiger partial charge in [0, 0.05) is 12.0 Å². The van der Waals surface area contributed by atoms with Gasteiger partial charge in [0.2, 0.25) is 11.8 Å². The lowest BCUT2D eigenvalue weighted by atomic mass is 9.95. The van der Waals surface area contributed by atoms with Crippen molar-refractivity contribution >= 4 is 17.9 Å². The fourth-order valence-corrected chi connectivity index (χ4v) is 3.49. The second kappa shape index (κ2) is 12.6. The fourth-order valence-electron chi connectivity index (χ4n) is 3.49. The van der Waals surface area contributed by atoms with E-state index in [1.807, 2.05) is 44.2 Å². The number of carbonyl (C=O) groups excluding carboxylic acids is 3. The summed E-state index contributed by atoms with van der Waals surface area (Å²) in [5, 5.41) is 17.8. The van der Waals surface area contributed by atoms with Crippen LogP contribution in [0.2, 0.25) is 0 Å². The standard InChI is InChI=1S/C28H35N3O5/c1-18-15-22(32)16-19(2)23(18)17-24(31-27(35)36-28(4,5)6)26(34)30-20(3)25(33)29-14-10-13-21-11-8-7-9-12-21/h7-9,11-12,15-16,20,24,32H,14,17H2,1-6H3,(H,29,33)(H,30,34)(H,31,35)/t20-,24+/m1/s1. The number of phenols is 1. The molecule has 0 saturated heterocycles. The minimum absolute atomic E-state index is 0.121. The third kappa shape index (κ3) is 9.34. The van der Waals surface area contributed by atoms with Gasteiger partial charge in [-0.15, -0.1) is 0 Å². The molecular weight excluding hydrogens is 458 g/mol. The zero-order valence-corrected chi connectivity index (χ0v) is 21.7. The zero-order valence-electron chi connectivity index (χ0n) is 21.7. The van der Waals surface area contributed by atoms with Crippen molar-refractivity contribution in [2.24, 2.45) is 0 Å². The molecule has 0 unspecified atom stereocenters. The largest absolute Gasteiger partial charge is 0.508 e. The van der Waals surface area contributed by atoms with Gasteiger partial charge in [-0.3, -0.25) is 9.59 Å². The molecule has 36 heavy (non-hydrogen) atoms. The monoisotopic (exact) mass is 493 g/mol. The van der Waals surface area contributed by atoms with E-state index in [2.05, 4.69) is 27.8 Å². The molecule has 0 spiro atoms. The van der Waals surface area contributed by atoms with Crippen LogP contribution >= 0.6 is 0 Å². The highest BCUT2D eigenvalue weighted by Gasteiger charge is 2.28. The molecule has 8 nitrogen and oxygen atoms in total. The van der Waals surface area contributed by atoms with E-state index in [1.54, 1.807) is 39.8 Å². The van der Waals surface area contributed by atoms with Crippen molar-refractivity contribution in [1.29, 1.82) is 0 Å². The molecule has 8 heteroatoms. The first-order valence-electron chi connectivity index (χ1n) is 11.8. The Morgan fingerprint density at radius 3 is 2.19 bits per heavy atom. The zero-order chi connectivity index (χ0) is 26.9. The number of phenolic OH excluding ortho intramolecular Hbond substituents is 1. The molecule has 0 aliphatic carbocycles. The van der Waals surface area contributed by atoms with Crippen LogP contribution in [0.25, 0.3) is 0 Å². The second-order valence-corrected chi connectivity index (χ2v) is 9.58. The van der Waals surface area contributed by atoms with Crippen molar-refractivity contribution in [3.63, 3.8) is 0 Å². The van der Waals surface area contributed by atoms with E-state index < -0.39 is 35.6 Å². The predicted octanol–water partition coefficient (Wildman–Crippen LogP) is 3.12. The summed E-state index contributed by atoms with van der Waals surface area (Å²) in [5.41, 5.74) is 2.45. The van der Waals surface area contributed by atoms with E-state index >= 15 is 0 Å². The smallest absolute Gasteiger partial charge is 0.408 e. The molecule has 0 aliphatic rings. The Kier molecular flexibility index (Phi) is 9.92. The van der Waals surface area contributed by atoms with Gasteiger partial charge in [-0.05, 0) is 82.5 Å². The van der Waals surface area contributed by atoms with Crippen molar-refractivity contribution in [2.45, 2.75) is 65.6 Å². The maximum atomic E-state index is 13.1. The van der Waals surface area contributed by atoms with E-state index in [0.29, 0.717) is 0 Å². The van der Waals surface area contributed by atoms with Crippen molar-refractivity contribution in [2.75, 3.05) is 6.54 Å². The molecule has 0 bridgehead atoms. The average Bonchev–Trinajstić information content (AvgIpc) is 2.77. The lowest BCUT2D eigenvalue weighted by Crippen LogP contribution is -2.54. The highest BCUT2D eigenvalue weighted by atomic mass is 16.6. The number of alkyl carbamates (subject to hydrolysis) is 1. The SMILES string of the molecule is Cc1cc(O)cc(C)c1C[C@H](NC(=O)OC(C)(C)C)C(=O)N[C@H](C)C(=O)NCC#Cc1ccccc1. The summed E-state index contributed by atoms with van der Waals surface area (Å²) in [6.45, 7) is 10.5. The molecule has 4 N–H and O–H groups in total. The molecule has 0 aromatic heterocycles. The van der Waals surface area contributed by atoms with Crippen LogP contribution < -0.4 is 16.0 Å². The topological polar surface area (TPSA) is 117 Å². The van der Waals surface area contributed by atoms with Crippen molar-refractivity contribution in [3.8, 4) is 17.6 Å². The molecule has 2 aromatic carbocycles. The van der Waals surface area contributed by atoms with E-state index in [1.165, 1.54) is 0 Å². The summed E-state index contributed by atoms with van der Waals surface area (Å²) in [6, 6.07) is 10.7. The van der Waals surface area contributed by atoms with Crippen molar-refractivity contribution in [3.05, 3.63) is 64.7 Å². The Balaban J connectivity index is 2.08. The van der Waals surface area contributed by atoms with Gasteiger partial charge in [0.05, 0.1) is 6.54 Å². The van der Waals surface area contributed by atoms with Crippen LogP contribution in [0.1, 0.15) is 49.9 Å². The number of aromatic hydroxyl groups is 1. The van der Waals surface area contributed by atoms with Crippen LogP contribution in [0.15, 0.2) is 42.5 Å². The third-order valence-corrected chi connectivity index (χ3v) is 5.21. The Hall–Kier alpha value is -3.99. The quantitative estimate of drug-likeness (QED) is 0.442. The summed E-state index contributed by atoms with van der Waals surface area (Å²) < 4.78 is 5.33. The molecule has 192 valence electrons. The molecular formula is C28H35N3O5. The molecule has 3 amide bonds. The highest BCUT2D eigenvalue weighted by Crippen LogP contribution is 2.22. The van der Waals surface area contributed by atoms with Crippen LogP contribution in [-0.2, 0) is 20.7 Å². The first kappa shape index (κ1) is 28.2. The summed E-state index contributed by atoms with van der Waals surface area (Å²) in [6.07, 6.45) is -0.593. The predicted molar refractivity (Wildman–Crippen MR) is 138 cm³/mol. The Morgan fingerprint density at radius 2 is 1.61 bits per heavy atom. The number of benzene rings is 2. The van der Waals surface area contributed by atoms with Gasteiger partial charge in [0.1, 0.15) is 23.4 Å². The van der Waals surface area contributed by atoms with Gasteiger partial charge in [0.25, 0.3) is 0 Å². The summed E-state index contributed by atoms with van der Waals surface area (Å²) in [4.78, 5) is 38.1. The van der Waals surface area contributed by atoms with Crippen LogP contribution in [-0.4, -0.2) is 47.2 Å². The van der Waals surface area contributed by atoms with Crippen LogP contribution in [0.3, 0.4) is 0 Å². The summed E-state index contributed by atoms with van der Waals surface area (Å²) in [5.74, 6) is 5.00. The Bertz CT molecular complexity index is 1120. The highest BCUT2D eigenvalue weighted by molar-refractivity contribution is 5.91. The number of carbonyl (C=O) groups is 3. The van der Waals surface area contributed by atoms with Crippen LogP contribution in [0.5, 0.6) is 5.75 Å². The minimum Gasteiger partial charge on any atom is -0.508 e. The molecule has 2 atom stereocenters. The van der Waals surface area contributed by atoms with E-state index in [9.17, 15) is 19.5 Å². The number of rotatable bonds is 7. The number of nitrogens with one attached hydrogen (secondary N) is 3. The number of amides is 3. The molecule has 2 rings (SSSR count). The van der Waals surface area contributed by atoms with E-state index in [0.717, 1.165) is 22.3 Å². The van der Waals surface area contributed by atoms with Gasteiger partial charge < -0.3 is 25.8 Å². The molecule has 0 fully saturated rings. The van der Waals surface area contributed by atoms with Gasteiger partial charge in [-0.1, -0.05) is 30.0 Å². The van der Waals surface area contributed by atoms with E-state index in [-0.39, 0.29) is 18.7 Å². The molecule has 0 aliphatic heterocycles. The van der Waals surface area contributed by atoms with E-state index in [4.69, 9.17) is 4.74 Å². The van der Waals surface area contributed by atoms with Crippen LogP contribution in [0, 0.1) is 25.7 Å². The first-order valence-corrected chi connectivity index (χ1v) is 11.8. The van der Waals surface area contributed by atoms with Gasteiger partial charge in [-0.25, -0.2) is 4.79 Å². The normalized spacial score (nSPS) is 12.4. The van der Waals surface area contributed by atoms with Gasteiger partial charge >= 0.3 is 6.09 Å². The first-order chi connectivity index (χ1) is 16.9. The summed E-state index contributed by atoms with van der Waals surface area (Å²) in [7, 11) is 0. The maximum absolute atomic E-state index is 13.1. The second-order valence-electron chi connectivity index (χ2n) is 9.58. The van der Waals surface area contributed by atoms with Crippen molar-refractivity contribution < 1.29 is 24.2 Å². The Morgan fingerprint density at radius 1 is 1.00 bits per heavy atom. The van der Waals surface area contributed by atoms with Gasteiger partial charge in [0.15, 0.2) is 0 Å². The molecule has 2 aromatic rings. The van der Waals surface area contributed by atoms with Crippen molar-refractivity contribution in [1.82, 2.24) is 16.0 Å². The molecule has 0 saturated carbocycles. The average molecular weight is 494 g/mol. The van der Waals surface area contributed by atoms with Gasteiger partial charge in [-0.2, -0.15) is 0 Å². The maximum Gasteiger partial charge on any atom is 0.408 e. The number of ether oxygens (including phenoxy) is 1. The minimum atomic E-state index is -1.00. The lowest BCUT2D eigenvalue weighted by molar-refractivity contribution is -0.129. The number of aryl methyl sites for hydroxylation is 2. The van der Waals surface area contributed by atoms with Crippen LogP contribution in [0.4, 0.5) is 4.79 Å².